The summed E-state index contributed by atoms with van der Waals surface area (Å²) < 4.78 is 0. The Morgan fingerprint density at radius 1 is 1.00 bits per heavy atom. The number of halogens is 1. The van der Waals surface area contributed by atoms with Crippen molar-refractivity contribution in [2.24, 2.45) is 0 Å². The molecule has 0 rings (SSSR count). The van der Waals surface area contributed by atoms with Crippen molar-refractivity contribution >= 4 is 0 Å². The van der Waals surface area contributed by atoms with Gasteiger partial charge in [-0.25, -0.2) is 0 Å². The third kappa shape index (κ3) is 18.9. The van der Waals surface area contributed by atoms with Gasteiger partial charge in [-0.3, -0.25) is 0 Å². The third-order valence-electron chi connectivity index (χ3n) is 0.500. The molecule has 0 aliphatic carbocycles. The minimum Gasteiger partial charge on any atom is -1.00 e. The van der Waals surface area contributed by atoms with Crippen LogP contribution in [0.15, 0.2) is 0 Å². The van der Waals surface area contributed by atoms with Crippen molar-refractivity contribution in [1.82, 2.24) is 0 Å². The number of unbranched alkanes of at least 4 members (excludes halogenated alkanes) is 1. The zero-order chi connectivity index (χ0) is 3.41. The van der Waals surface area contributed by atoms with Crippen LogP contribution in [-0.2, 0) is 22.4 Å². The zero-order valence-corrected chi connectivity index (χ0v) is 7.85. The molecule has 0 atom stereocenters. The van der Waals surface area contributed by atoms with E-state index in [0.717, 1.165) is 0 Å². The van der Waals surface area contributed by atoms with Gasteiger partial charge < -0.3 is 17.0 Å². The van der Waals surface area contributed by atoms with Crippen LogP contribution in [0.4, 0.5) is 0 Å². The Labute approximate surface area is 66.0 Å². The third-order valence-corrected chi connectivity index (χ3v) is 0.500. The van der Waals surface area contributed by atoms with E-state index in [9.17, 15) is 0 Å². The number of rotatable bonds is 1. The second-order valence-electron chi connectivity index (χ2n) is 1.000. The summed E-state index contributed by atoms with van der Waals surface area (Å²) in [6.45, 7) is 4.36. The van der Waals surface area contributed by atoms with E-state index < -0.39 is 0 Å². The van der Waals surface area contributed by atoms with E-state index in [2.05, 4.69) is 13.8 Å². The summed E-state index contributed by atoms with van der Waals surface area (Å²) in [7, 11) is 0. The Kier molecular flexibility index (Phi) is 42.7. The standard InChI is InChI=1S/C4H10.Au.BrH/c1-3-4-2;;/h3-4H2,1-2H3;;1H/q;+1;/p-1. The molecule has 0 aromatic rings. The summed E-state index contributed by atoms with van der Waals surface area (Å²) in [5, 5.41) is 0. The Balaban J connectivity index is -0.0000000450. The first-order valence-electron chi connectivity index (χ1n) is 1.91. The topological polar surface area (TPSA) is 0 Å². The van der Waals surface area contributed by atoms with E-state index in [-0.39, 0.29) is 39.4 Å². The van der Waals surface area contributed by atoms with E-state index in [1.54, 1.807) is 0 Å². The molecule has 0 aliphatic heterocycles. The Bertz CT molecular complexity index is 9.51. The largest absolute Gasteiger partial charge is 1.00 e. The van der Waals surface area contributed by atoms with Crippen molar-refractivity contribution in [3.05, 3.63) is 0 Å². The number of hydrogen-bond acceptors (Lipinski definition) is 0. The van der Waals surface area contributed by atoms with Gasteiger partial charge in [-0.2, -0.15) is 0 Å². The molecule has 2 heteroatoms. The van der Waals surface area contributed by atoms with Crippen molar-refractivity contribution in [2.45, 2.75) is 26.7 Å². The van der Waals surface area contributed by atoms with Crippen molar-refractivity contribution in [2.75, 3.05) is 0 Å². The van der Waals surface area contributed by atoms with Crippen LogP contribution in [0.1, 0.15) is 26.7 Å². The van der Waals surface area contributed by atoms with Crippen LogP contribution in [0.5, 0.6) is 0 Å². The van der Waals surface area contributed by atoms with Gasteiger partial charge in [-0.15, -0.1) is 0 Å². The Hall–Kier alpha value is 1.22. The van der Waals surface area contributed by atoms with Gasteiger partial charge in [-0.05, 0) is 0 Å². The first kappa shape index (κ1) is 15.7. The molecule has 0 aromatic carbocycles. The van der Waals surface area contributed by atoms with E-state index in [1.165, 1.54) is 12.8 Å². The van der Waals surface area contributed by atoms with E-state index in [4.69, 9.17) is 0 Å². The van der Waals surface area contributed by atoms with Gasteiger partial charge in [0.05, 0.1) is 0 Å². The SMILES string of the molecule is CCCC.[Au+].[Br-]. The van der Waals surface area contributed by atoms with Gasteiger partial charge in [0, 0.05) is 0 Å². The van der Waals surface area contributed by atoms with Crippen molar-refractivity contribution < 1.29 is 39.4 Å². The van der Waals surface area contributed by atoms with Crippen LogP contribution in [0.2, 0.25) is 0 Å². The average molecular weight is 335 g/mol. The molecule has 6 heavy (non-hydrogen) atoms. The summed E-state index contributed by atoms with van der Waals surface area (Å²) >= 11 is 0. The molecule has 0 N–H and O–H groups in total. The summed E-state index contributed by atoms with van der Waals surface area (Å²) in [5.74, 6) is 0. The summed E-state index contributed by atoms with van der Waals surface area (Å²) in [6.07, 6.45) is 2.64. The average Bonchev–Trinajstić information content (AvgIpc) is 1.37. The molecule has 0 nitrogen and oxygen atoms in total. The first-order valence-corrected chi connectivity index (χ1v) is 1.91. The Morgan fingerprint density at radius 3 is 1.17 bits per heavy atom. The molecule has 0 fully saturated rings. The van der Waals surface area contributed by atoms with Gasteiger partial charge in [0.15, 0.2) is 0 Å². The predicted molar refractivity (Wildman–Crippen MR) is 20.6 cm³/mol. The molecule has 0 spiro atoms. The maximum atomic E-state index is 2.18. The van der Waals surface area contributed by atoms with Gasteiger partial charge in [0.2, 0.25) is 0 Å². The maximum Gasteiger partial charge on any atom is 1.00 e. The molecule has 0 saturated carbocycles. The number of hydrogen-bond donors (Lipinski definition) is 0. The molecule has 0 aromatic heterocycles. The van der Waals surface area contributed by atoms with Crippen molar-refractivity contribution in [3.8, 4) is 0 Å². The monoisotopic (exact) mass is 334 g/mol. The van der Waals surface area contributed by atoms with Gasteiger partial charge in [0.1, 0.15) is 0 Å². The van der Waals surface area contributed by atoms with E-state index >= 15 is 0 Å². The molecule has 0 amide bonds. The molecular weight excluding hydrogens is 325 g/mol. The predicted octanol–water partition coefficient (Wildman–Crippen LogP) is -1.19. The van der Waals surface area contributed by atoms with Crippen LogP contribution >= 0.6 is 0 Å². The molecule has 0 radical (unpaired) electrons. The Morgan fingerprint density at radius 2 is 1.17 bits per heavy atom. The molecule has 0 heterocycles. The van der Waals surface area contributed by atoms with Crippen LogP contribution < -0.4 is 17.0 Å². The fourth-order valence-electron chi connectivity index (χ4n) is 0. The fourth-order valence-corrected chi connectivity index (χ4v) is 0. The quantitative estimate of drug-likeness (QED) is 0.529. The smallest absolute Gasteiger partial charge is 1.00 e. The molecule has 0 saturated heterocycles. The van der Waals surface area contributed by atoms with E-state index in [1.807, 2.05) is 0 Å². The summed E-state index contributed by atoms with van der Waals surface area (Å²) in [6, 6.07) is 0. The van der Waals surface area contributed by atoms with Crippen LogP contribution in [-0.4, -0.2) is 0 Å². The van der Waals surface area contributed by atoms with Crippen LogP contribution in [0.25, 0.3) is 0 Å². The molecule has 44 valence electrons. The normalized spacial score (nSPS) is 5.00. The van der Waals surface area contributed by atoms with Crippen LogP contribution in [0, 0.1) is 0 Å². The fraction of sp³-hybridized carbons (Fsp3) is 1.00. The van der Waals surface area contributed by atoms with Crippen molar-refractivity contribution in [3.63, 3.8) is 0 Å². The zero-order valence-electron chi connectivity index (χ0n) is 4.09. The second kappa shape index (κ2) is 16.3. The molecule has 0 aliphatic rings. The molecule has 0 bridgehead atoms. The summed E-state index contributed by atoms with van der Waals surface area (Å²) in [5.41, 5.74) is 0. The summed E-state index contributed by atoms with van der Waals surface area (Å²) in [4.78, 5) is 0. The first-order chi connectivity index (χ1) is 1.91. The minimum absolute atomic E-state index is 0. The minimum atomic E-state index is 0. The maximum absolute atomic E-state index is 2.18. The second-order valence-corrected chi connectivity index (χ2v) is 1.000. The molecular formula is C4H10AuBr. The van der Waals surface area contributed by atoms with Gasteiger partial charge in [0.25, 0.3) is 0 Å². The van der Waals surface area contributed by atoms with Crippen LogP contribution in [0.3, 0.4) is 0 Å². The van der Waals surface area contributed by atoms with Crippen molar-refractivity contribution in [1.29, 1.82) is 0 Å². The van der Waals surface area contributed by atoms with E-state index in [0.29, 0.717) is 0 Å². The van der Waals surface area contributed by atoms with Gasteiger partial charge >= 0.3 is 22.4 Å². The molecule has 0 unspecified atom stereocenters. The van der Waals surface area contributed by atoms with Gasteiger partial charge in [-0.1, -0.05) is 26.7 Å².